The van der Waals surface area contributed by atoms with E-state index in [4.69, 9.17) is 14.6 Å². The van der Waals surface area contributed by atoms with Crippen molar-refractivity contribution in [3.05, 3.63) is 11.6 Å². The van der Waals surface area contributed by atoms with Crippen LogP contribution in [0.1, 0.15) is 26.7 Å². The highest BCUT2D eigenvalue weighted by Gasteiger charge is 2.29. The van der Waals surface area contributed by atoms with Crippen LogP contribution in [0.5, 0.6) is 0 Å². The summed E-state index contributed by atoms with van der Waals surface area (Å²) < 4.78 is 10.9. The van der Waals surface area contributed by atoms with E-state index in [1.54, 1.807) is 0 Å². The topological polar surface area (TPSA) is 38.7 Å². The Morgan fingerprint density at radius 1 is 1.46 bits per heavy atom. The molecule has 1 saturated heterocycles. The molecule has 1 fully saturated rings. The van der Waals surface area contributed by atoms with Crippen LogP contribution >= 0.6 is 0 Å². The number of aliphatic hydroxyl groups is 1. The van der Waals surface area contributed by atoms with Crippen molar-refractivity contribution in [2.24, 2.45) is 0 Å². The normalized spacial score (nSPS) is 22.2. The van der Waals surface area contributed by atoms with Gasteiger partial charge in [-0.05, 0) is 20.3 Å². The van der Waals surface area contributed by atoms with Gasteiger partial charge in [0.05, 0.1) is 19.8 Å². The van der Waals surface area contributed by atoms with Crippen LogP contribution in [-0.4, -0.2) is 30.7 Å². The summed E-state index contributed by atoms with van der Waals surface area (Å²) in [5.41, 5.74) is 1.00. The molecular formula is C10H18O3. The van der Waals surface area contributed by atoms with Gasteiger partial charge in [-0.15, -0.1) is 0 Å². The summed E-state index contributed by atoms with van der Waals surface area (Å²) >= 11 is 0. The molecule has 0 atom stereocenters. The molecule has 1 heterocycles. The predicted octanol–water partition coefficient (Wildman–Crippen LogP) is 1.47. The summed E-state index contributed by atoms with van der Waals surface area (Å²) in [6, 6.07) is 0. The first kappa shape index (κ1) is 10.7. The number of ether oxygens (including phenoxy) is 2. The summed E-state index contributed by atoms with van der Waals surface area (Å²) in [7, 11) is 0. The molecule has 0 aromatic heterocycles. The van der Waals surface area contributed by atoms with Gasteiger partial charge in [-0.2, -0.15) is 0 Å². The Labute approximate surface area is 79.3 Å². The average molecular weight is 186 g/mol. The first-order valence-corrected chi connectivity index (χ1v) is 4.71. The van der Waals surface area contributed by atoms with Crippen LogP contribution in [0.15, 0.2) is 11.6 Å². The fourth-order valence-electron chi connectivity index (χ4n) is 1.35. The van der Waals surface area contributed by atoms with Crippen molar-refractivity contribution in [2.75, 3.05) is 19.8 Å². The first-order valence-electron chi connectivity index (χ1n) is 4.71. The molecule has 0 aromatic rings. The zero-order valence-corrected chi connectivity index (χ0v) is 8.38. The lowest BCUT2D eigenvalue weighted by atomic mass is 10.1. The quantitative estimate of drug-likeness (QED) is 0.676. The molecule has 0 aromatic carbocycles. The van der Waals surface area contributed by atoms with Gasteiger partial charge in [0.15, 0.2) is 5.79 Å². The van der Waals surface area contributed by atoms with Crippen molar-refractivity contribution in [1.82, 2.24) is 0 Å². The average Bonchev–Trinajstić information content (AvgIpc) is 2.52. The Bertz CT molecular complexity index is 181. The second kappa shape index (κ2) is 4.74. The zero-order chi connectivity index (χ0) is 9.73. The van der Waals surface area contributed by atoms with E-state index < -0.39 is 5.79 Å². The molecule has 1 aliphatic rings. The first-order chi connectivity index (χ1) is 6.16. The maximum atomic E-state index is 8.76. The fraction of sp³-hybridized carbons (Fsp3) is 0.800. The van der Waals surface area contributed by atoms with Gasteiger partial charge in [0.25, 0.3) is 0 Å². The van der Waals surface area contributed by atoms with Gasteiger partial charge < -0.3 is 14.6 Å². The minimum atomic E-state index is -0.397. The van der Waals surface area contributed by atoms with Crippen LogP contribution < -0.4 is 0 Å². The molecule has 13 heavy (non-hydrogen) atoms. The molecule has 0 amide bonds. The molecule has 3 heteroatoms. The summed E-state index contributed by atoms with van der Waals surface area (Å²) in [5, 5.41) is 8.76. The van der Waals surface area contributed by atoms with Crippen molar-refractivity contribution >= 4 is 0 Å². The molecule has 0 radical (unpaired) electrons. The Hall–Kier alpha value is -0.380. The minimum absolute atomic E-state index is 0.137. The summed E-state index contributed by atoms with van der Waals surface area (Å²) in [4.78, 5) is 0. The van der Waals surface area contributed by atoms with E-state index in [-0.39, 0.29) is 6.61 Å². The zero-order valence-electron chi connectivity index (χ0n) is 8.38. The Morgan fingerprint density at radius 3 is 2.62 bits per heavy atom. The van der Waals surface area contributed by atoms with Crippen LogP contribution in [0.2, 0.25) is 0 Å². The highest BCUT2D eigenvalue weighted by Crippen LogP contribution is 2.24. The van der Waals surface area contributed by atoms with Crippen LogP contribution in [0, 0.1) is 0 Å². The SMILES string of the molecule is CC(=CCCC1(C)OCCO1)CO. The van der Waals surface area contributed by atoms with E-state index in [2.05, 4.69) is 0 Å². The highest BCUT2D eigenvalue weighted by molar-refractivity contribution is 4.97. The number of hydrogen-bond acceptors (Lipinski definition) is 3. The van der Waals surface area contributed by atoms with Gasteiger partial charge in [-0.1, -0.05) is 11.6 Å². The van der Waals surface area contributed by atoms with Crippen molar-refractivity contribution in [3.63, 3.8) is 0 Å². The van der Waals surface area contributed by atoms with E-state index in [1.165, 1.54) is 0 Å². The molecular weight excluding hydrogens is 168 g/mol. The maximum Gasteiger partial charge on any atom is 0.166 e. The summed E-state index contributed by atoms with van der Waals surface area (Å²) in [6.07, 6.45) is 3.77. The number of aliphatic hydroxyl groups excluding tert-OH is 1. The third-order valence-corrected chi connectivity index (χ3v) is 2.24. The smallest absolute Gasteiger partial charge is 0.166 e. The molecule has 76 valence electrons. The minimum Gasteiger partial charge on any atom is -0.392 e. The Kier molecular flexibility index (Phi) is 3.90. The molecule has 0 bridgehead atoms. The van der Waals surface area contributed by atoms with E-state index in [0.29, 0.717) is 13.2 Å². The van der Waals surface area contributed by atoms with Crippen LogP contribution in [-0.2, 0) is 9.47 Å². The Morgan fingerprint density at radius 2 is 2.08 bits per heavy atom. The lowest BCUT2D eigenvalue weighted by molar-refractivity contribution is -0.145. The van der Waals surface area contributed by atoms with Crippen molar-refractivity contribution in [3.8, 4) is 0 Å². The molecule has 1 rings (SSSR count). The molecule has 0 unspecified atom stereocenters. The largest absolute Gasteiger partial charge is 0.392 e. The van der Waals surface area contributed by atoms with E-state index in [0.717, 1.165) is 18.4 Å². The van der Waals surface area contributed by atoms with E-state index >= 15 is 0 Å². The van der Waals surface area contributed by atoms with Gasteiger partial charge in [0, 0.05) is 6.42 Å². The third kappa shape index (κ3) is 3.46. The second-order valence-electron chi connectivity index (χ2n) is 3.58. The summed E-state index contributed by atoms with van der Waals surface area (Å²) in [5.74, 6) is -0.397. The lowest BCUT2D eigenvalue weighted by Crippen LogP contribution is -2.24. The molecule has 0 aliphatic carbocycles. The van der Waals surface area contributed by atoms with Gasteiger partial charge in [0.2, 0.25) is 0 Å². The van der Waals surface area contributed by atoms with Crippen molar-refractivity contribution in [2.45, 2.75) is 32.5 Å². The molecule has 1 aliphatic heterocycles. The van der Waals surface area contributed by atoms with Crippen LogP contribution in [0.4, 0.5) is 0 Å². The molecule has 0 saturated carbocycles. The molecule has 0 spiro atoms. The number of allylic oxidation sites excluding steroid dienone is 1. The van der Waals surface area contributed by atoms with Gasteiger partial charge >= 0.3 is 0 Å². The van der Waals surface area contributed by atoms with Crippen LogP contribution in [0.25, 0.3) is 0 Å². The van der Waals surface area contributed by atoms with Gasteiger partial charge in [-0.25, -0.2) is 0 Å². The molecule has 3 nitrogen and oxygen atoms in total. The molecule has 1 N–H and O–H groups in total. The predicted molar refractivity (Wildman–Crippen MR) is 50.4 cm³/mol. The monoisotopic (exact) mass is 186 g/mol. The Balaban J connectivity index is 2.25. The van der Waals surface area contributed by atoms with Crippen molar-refractivity contribution in [1.29, 1.82) is 0 Å². The maximum absolute atomic E-state index is 8.76. The van der Waals surface area contributed by atoms with E-state index in [9.17, 15) is 0 Å². The van der Waals surface area contributed by atoms with Crippen molar-refractivity contribution < 1.29 is 14.6 Å². The van der Waals surface area contributed by atoms with Crippen LogP contribution in [0.3, 0.4) is 0 Å². The number of rotatable bonds is 4. The summed E-state index contributed by atoms with van der Waals surface area (Å²) in [6.45, 7) is 5.40. The van der Waals surface area contributed by atoms with Gasteiger partial charge in [0.1, 0.15) is 0 Å². The van der Waals surface area contributed by atoms with E-state index in [1.807, 2.05) is 19.9 Å². The highest BCUT2D eigenvalue weighted by atomic mass is 16.7. The second-order valence-corrected chi connectivity index (χ2v) is 3.58. The third-order valence-electron chi connectivity index (χ3n) is 2.24. The standard InChI is InChI=1S/C10H18O3/c1-9(8-11)4-3-5-10(2)12-6-7-13-10/h4,11H,3,5-8H2,1-2H3. The fourth-order valence-corrected chi connectivity index (χ4v) is 1.35. The van der Waals surface area contributed by atoms with Gasteiger partial charge in [-0.3, -0.25) is 0 Å². The lowest BCUT2D eigenvalue weighted by Gasteiger charge is -2.21. The number of hydrogen-bond donors (Lipinski definition) is 1.